The Kier molecular flexibility index (Phi) is 2.83. The lowest BCUT2D eigenvalue weighted by atomic mass is 10.6. The first-order valence-electron chi connectivity index (χ1n) is 2.06. The van der Waals surface area contributed by atoms with Crippen molar-refractivity contribution in [2.45, 2.75) is 19.2 Å². The Hall–Kier alpha value is -0.180. The summed E-state index contributed by atoms with van der Waals surface area (Å²) < 4.78 is 0. The lowest BCUT2D eigenvalue weighted by molar-refractivity contribution is -0.119. The van der Waals surface area contributed by atoms with Gasteiger partial charge in [0, 0.05) is 6.92 Å². The molecule has 0 aromatic carbocycles. The maximum atomic E-state index is 10.1. The Labute approximate surface area is 48.7 Å². The molecule has 0 aliphatic rings. The highest BCUT2D eigenvalue weighted by atomic mass is 32.1. The van der Waals surface area contributed by atoms with E-state index >= 15 is 0 Å². The molecule has 0 aromatic rings. The molecule has 1 atom stereocenters. The molecule has 41 valence electrons. The maximum Gasteiger partial charge on any atom is 0.217 e. The minimum Gasteiger partial charge on any atom is -0.344 e. The van der Waals surface area contributed by atoms with Crippen molar-refractivity contribution in [2.75, 3.05) is 0 Å². The Morgan fingerprint density at radius 1 is 1.86 bits per heavy atom. The highest BCUT2D eigenvalue weighted by molar-refractivity contribution is 7.80. The zero-order valence-corrected chi connectivity index (χ0v) is 5.21. The van der Waals surface area contributed by atoms with Crippen LogP contribution in [-0.2, 0) is 4.79 Å². The van der Waals surface area contributed by atoms with Gasteiger partial charge in [0.05, 0.1) is 5.37 Å². The quantitative estimate of drug-likeness (QED) is 0.538. The van der Waals surface area contributed by atoms with Crippen molar-refractivity contribution < 1.29 is 4.79 Å². The van der Waals surface area contributed by atoms with Crippen molar-refractivity contribution in [3.63, 3.8) is 0 Å². The van der Waals surface area contributed by atoms with Gasteiger partial charge >= 0.3 is 0 Å². The molecule has 1 unspecified atom stereocenters. The second-order valence-electron chi connectivity index (χ2n) is 1.34. The first-order valence-corrected chi connectivity index (χ1v) is 2.53. The fourth-order valence-electron chi connectivity index (χ4n) is 0.286. The Balaban J connectivity index is 3.13. The van der Waals surface area contributed by atoms with Gasteiger partial charge in [0.1, 0.15) is 0 Å². The second-order valence-corrected chi connectivity index (χ2v) is 2.05. The first-order chi connectivity index (χ1) is 3.13. The molecular formula is C4H8NOS. The zero-order valence-electron chi connectivity index (χ0n) is 4.39. The molecule has 0 saturated heterocycles. The fourth-order valence-corrected chi connectivity index (χ4v) is 0.452. The van der Waals surface area contributed by atoms with Gasteiger partial charge in [-0.1, -0.05) is 12.6 Å². The average Bonchev–Trinajstić information content (AvgIpc) is 1.27. The zero-order chi connectivity index (χ0) is 5.86. The summed E-state index contributed by atoms with van der Waals surface area (Å²) in [4.78, 5) is 10.1. The number of carbonyl (C=O) groups is 1. The van der Waals surface area contributed by atoms with E-state index < -0.39 is 0 Å². The summed E-state index contributed by atoms with van der Waals surface area (Å²) in [6.07, 6.45) is 0. The van der Waals surface area contributed by atoms with E-state index in [4.69, 9.17) is 0 Å². The van der Waals surface area contributed by atoms with E-state index in [1.807, 2.05) is 0 Å². The van der Waals surface area contributed by atoms with Crippen molar-refractivity contribution in [1.29, 1.82) is 0 Å². The van der Waals surface area contributed by atoms with Gasteiger partial charge in [-0.2, -0.15) is 0 Å². The van der Waals surface area contributed by atoms with Crippen LogP contribution in [0.5, 0.6) is 0 Å². The van der Waals surface area contributed by atoms with Gasteiger partial charge in [-0.25, -0.2) is 0 Å². The number of carbonyl (C=O) groups excluding carboxylic acids is 1. The van der Waals surface area contributed by atoms with Gasteiger partial charge < -0.3 is 5.32 Å². The molecule has 0 aliphatic heterocycles. The van der Waals surface area contributed by atoms with Gasteiger partial charge in [0.2, 0.25) is 5.91 Å². The minimum atomic E-state index is -0.141. The lowest BCUT2D eigenvalue weighted by Gasteiger charge is -2.00. The maximum absolute atomic E-state index is 10.1. The number of hydrogen-bond acceptors (Lipinski definition) is 1. The topological polar surface area (TPSA) is 29.1 Å². The van der Waals surface area contributed by atoms with Crippen molar-refractivity contribution in [2.24, 2.45) is 0 Å². The molecular weight excluding hydrogens is 110 g/mol. The fraction of sp³-hybridized carbons (Fsp3) is 0.750. The highest BCUT2D eigenvalue weighted by Gasteiger charge is 1.92. The summed E-state index contributed by atoms with van der Waals surface area (Å²) >= 11 is 4.62. The molecule has 0 aromatic heterocycles. The van der Waals surface area contributed by atoms with Crippen molar-refractivity contribution in [1.82, 2.24) is 5.32 Å². The molecule has 2 nitrogen and oxygen atoms in total. The minimum absolute atomic E-state index is 0.0671. The van der Waals surface area contributed by atoms with Crippen molar-refractivity contribution in [3.05, 3.63) is 0 Å². The van der Waals surface area contributed by atoms with Crippen molar-refractivity contribution >= 4 is 18.5 Å². The van der Waals surface area contributed by atoms with Crippen molar-refractivity contribution in [3.8, 4) is 0 Å². The van der Waals surface area contributed by atoms with E-state index in [0.29, 0.717) is 0 Å². The number of amides is 1. The van der Waals surface area contributed by atoms with E-state index in [9.17, 15) is 4.79 Å². The number of rotatable bonds is 1. The monoisotopic (exact) mass is 118 g/mol. The third-order valence-corrected chi connectivity index (χ3v) is 0.524. The molecule has 3 heteroatoms. The van der Waals surface area contributed by atoms with Gasteiger partial charge in [-0.05, 0) is 6.92 Å². The Morgan fingerprint density at radius 3 is 2.29 bits per heavy atom. The van der Waals surface area contributed by atoms with Crippen LogP contribution in [-0.4, -0.2) is 11.3 Å². The molecule has 1 amide bonds. The molecule has 0 heterocycles. The average molecular weight is 118 g/mol. The molecule has 0 aliphatic carbocycles. The van der Waals surface area contributed by atoms with E-state index in [2.05, 4.69) is 17.9 Å². The van der Waals surface area contributed by atoms with Gasteiger partial charge in [0.25, 0.3) is 0 Å². The summed E-state index contributed by atoms with van der Waals surface area (Å²) in [5.41, 5.74) is 0. The van der Waals surface area contributed by atoms with Crippen LogP contribution in [0.4, 0.5) is 0 Å². The predicted molar refractivity (Wildman–Crippen MR) is 30.9 cm³/mol. The molecule has 7 heavy (non-hydrogen) atoms. The van der Waals surface area contributed by atoms with Crippen LogP contribution in [0.3, 0.4) is 0 Å². The molecule has 1 radical (unpaired) electrons. The standard InChI is InChI=1S/C4H8NOS/c1-3(6)5-4(2)7/h4H,1-2H3,(H,5,6). The highest BCUT2D eigenvalue weighted by Crippen LogP contribution is 1.82. The van der Waals surface area contributed by atoms with Crippen LogP contribution in [0.2, 0.25) is 0 Å². The van der Waals surface area contributed by atoms with E-state index in [-0.39, 0.29) is 11.3 Å². The molecule has 0 fully saturated rings. The molecule has 0 rings (SSSR count). The largest absolute Gasteiger partial charge is 0.344 e. The first kappa shape index (κ1) is 6.82. The van der Waals surface area contributed by atoms with Crippen LogP contribution >= 0.6 is 12.6 Å². The van der Waals surface area contributed by atoms with Crippen LogP contribution in [0.25, 0.3) is 0 Å². The molecule has 0 bridgehead atoms. The smallest absolute Gasteiger partial charge is 0.217 e. The number of hydrogen-bond donors (Lipinski definition) is 1. The molecule has 1 N–H and O–H groups in total. The van der Waals surface area contributed by atoms with E-state index in [1.54, 1.807) is 6.92 Å². The van der Waals surface area contributed by atoms with E-state index in [1.165, 1.54) is 6.92 Å². The lowest BCUT2D eigenvalue weighted by Crippen LogP contribution is -2.25. The SMILES string of the molecule is CC(=O)NC(C)[S]. The summed E-state index contributed by atoms with van der Waals surface area (Å²) in [6.45, 7) is 3.19. The summed E-state index contributed by atoms with van der Waals surface area (Å²) in [5.74, 6) is -0.0671. The number of nitrogens with one attached hydrogen (secondary N) is 1. The Morgan fingerprint density at radius 2 is 2.29 bits per heavy atom. The Bertz CT molecular complexity index is 72.1. The summed E-state index contributed by atoms with van der Waals surface area (Å²) in [7, 11) is 0. The van der Waals surface area contributed by atoms with Crippen LogP contribution < -0.4 is 5.32 Å². The van der Waals surface area contributed by atoms with Gasteiger partial charge in [-0.15, -0.1) is 0 Å². The van der Waals surface area contributed by atoms with E-state index in [0.717, 1.165) is 0 Å². The summed E-state index contributed by atoms with van der Waals surface area (Å²) in [5, 5.41) is 2.34. The summed E-state index contributed by atoms with van der Waals surface area (Å²) in [6, 6.07) is 0. The normalized spacial score (nSPS) is 13.0. The van der Waals surface area contributed by atoms with Crippen LogP contribution in [0.15, 0.2) is 0 Å². The van der Waals surface area contributed by atoms with Crippen LogP contribution in [0, 0.1) is 0 Å². The molecule has 0 spiro atoms. The third-order valence-electron chi connectivity index (χ3n) is 0.407. The third kappa shape index (κ3) is 5.82. The molecule has 0 saturated carbocycles. The van der Waals surface area contributed by atoms with Gasteiger partial charge in [0.15, 0.2) is 0 Å². The predicted octanol–water partition coefficient (Wildman–Crippen LogP) is 0.666. The second kappa shape index (κ2) is 2.91. The van der Waals surface area contributed by atoms with Gasteiger partial charge in [-0.3, -0.25) is 4.79 Å². The van der Waals surface area contributed by atoms with Crippen LogP contribution in [0.1, 0.15) is 13.8 Å².